The topological polar surface area (TPSA) is 139 Å². The Kier molecular flexibility index (Phi) is 11.4. The molecule has 1 unspecified atom stereocenters. The molecule has 3 rings (SSSR count). The van der Waals surface area contributed by atoms with E-state index in [0.29, 0.717) is 23.6 Å². The maximum absolute atomic E-state index is 14.1. The number of aryl methyl sites for hydroxylation is 1. The molecule has 3 aromatic carbocycles. The summed E-state index contributed by atoms with van der Waals surface area (Å²) in [6.07, 6.45) is 0.673. The van der Waals surface area contributed by atoms with Gasteiger partial charge in [-0.1, -0.05) is 48.3 Å². The van der Waals surface area contributed by atoms with Crippen molar-refractivity contribution in [3.63, 3.8) is 0 Å². The van der Waals surface area contributed by atoms with Crippen LogP contribution in [0.5, 0.6) is 5.75 Å². The number of nitrogens with zero attached hydrogens (tertiary/aromatic N) is 3. The summed E-state index contributed by atoms with van der Waals surface area (Å²) in [5, 5.41) is 15.0. The van der Waals surface area contributed by atoms with Crippen molar-refractivity contribution in [2.24, 2.45) is 0 Å². The number of carbonyl (C=O) groups is 2. The average molecular weight is 652 g/mol. The molecule has 0 saturated heterocycles. The predicted molar refractivity (Wildman–Crippen MR) is 165 cm³/mol. The highest BCUT2D eigenvalue weighted by molar-refractivity contribution is 7.92. The van der Waals surface area contributed by atoms with Gasteiger partial charge in [-0.05, 0) is 62.2 Å². The molecule has 14 heteroatoms. The number of anilines is 1. The lowest BCUT2D eigenvalue weighted by Crippen LogP contribution is -2.51. The zero-order chi connectivity index (χ0) is 31.9. The number of ether oxygens (including phenoxy) is 1. The van der Waals surface area contributed by atoms with E-state index in [0.717, 1.165) is 10.4 Å². The van der Waals surface area contributed by atoms with Gasteiger partial charge in [0.2, 0.25) is 11.8 Å². The number of carbonyl (C=O) groups excluding carboxylic acids is 2. The first-order valence-electron chi connectivity index (χ1n) is 13.2. The number of hydrogen-bond donors (Lipinski definition) is 1. The predicted octanol–water partition coefficient (Wildman–Crippen LogP) is 5.36. The third-order valence-corrected chi connectivity index (χ3v) is 8.88. The van der Waals surface area contributed by atoms with E-state index in [-0.39, 0.29) is 28.6 Å². The normalized spacial score (nSPS) is 11.9. The summed E-state index contributed by atoms with van der Waals surface area (Å²) in [5.74, 6) is -1.06. The number of nitrogens with one attached hydrogen (secondary N) is 1. The molecule has 0 bridgehead atoms. The second-order valence-corrected chi connectivity index (χ2v) is 12.4. The number of amides is 2. The zero-order valence-corrected chi connectivity index (χ0v) is 26.4. The van der Waals surface area contributed by atoms with E-state index in [1.54, 1.807) is 31.2 Å². The van der Waals surface area contributed by atoms with Gasteiger partial charge in [0.15, 0.2) is 0 Å². The molecule has 3 aromatic rings. The van der Waals surface area contributed by atoms with Gasteiger partial charge in [-0.15, -0.1) is 0 Å². The third-order valence-electron chi connectivity index (χ3n) is 6.64. The van der Waals surface area contributed by atoms with Gasteiger partial charge >= 0.3 is 0 Å². The van der Waals surface area contributed by atoms with E-state index in [9.17, 15) is 28.1 Å². The van der Waals surface area contributed by atoms with Crippen LogP contribution in [0.4, 0.5) is 11.4 Å². The van der Waals surface area contributed by atoms with Gasteiger partial charge in [0.05, 0.1) is 22.6 Å². The summed E-state index contributed by atoms with van der Waals surface area (Å²) in [5.41, 5.74) is 0.432. The zero-order valence-electron chi connectivity index (χ0n) is 24.0. The highest BCUT2D eigenvalue weighted by Gasteiger charge is 2.35. The van der Waals surface area contributed by atoms with E-state index in [1.165, 1.54) is 49.3 Å². The van der Waals surface area contributed by atoms with Gasteiger partial charge in [-0.2, -0.15) is 0 Å². The van der Waals surface area contributed by atoms with Crippen LogP contribution in [0, 0.1) is 17.0 Å². The Morgan fingerprint density at radius 3 is 2.30 bits per heavy atom. The Balaban J connectivity index is 2.15. The maximum atomic E-state index is 14.1. The minimum absolute atomic E-state index is 0.0344. The van der Waals surface area contributed by atoms with Crippen LogP contribution in [0.25, 0.3) is 0 Å². The molecule has 0 heterocycles. The molecule has 0 radical (unpaired) electrons. The highest BCUT2D eigenvalue weighted by atomic mass is 35.5. The van der Waals surface area contributed by atoms with Gasteiger partial charge < -0.3 is 15.0 Å². The van der Waals surface area contributed by atoms with Crippen molar-refractivity contribution in [3.05, 3.63) is 92.0 Å². The first kappa shape index (κ1) is 33.6. The second kappa shape index (κ2) is 14.5. The van der Waals surface area contributed by atoms with Crippen LogP contribution < -0.4 is 14.4 Å². The van der Waals surface area contributed by atoms with Crippen LogP contribution in [0.3, 0.4) is 0 Å². The van der Waals surface area contributed by atoms with E-state index >= 15 is 0 Å². The SMILES string of the molecule is CCCNC(=O)C(C)N(Cc1ccc(Cl)cc1)C(=O)CN(c1cc(Cl)ccc1OC)S(=O)(=O)c1ccc(C)c([N+](=O)[O-])c1. The molecule has 11 nitrogen and oxygen atoms in total. The summed E-state index contributed by atoms with van der Waals surface area (Å²) in [6.45, 7) is 4.49. The molecule has 2 amide bonds. The molecular formula is C29H32Cl2N4O7S. The summed E-state index contributed by atoms with van der Waals surface area (Å²) < 4.78 is 34.5. The Labute approximate surface area is 260 Å². The van der Waals surface area contributed by atoms with Crippen molar-refractivity contribution in [3.8, 4) is 5.75 Å². The molecule has 0 saturated carbocycles. The molecule has 0 aliphatic heterocycles. The molecule has 1 atom stereocenters. The fourth-order valence-corrected chi connectivity index (χ4v) is 5.94. The first-order chi connectivity index (χ1) is 20.3. The smallest absolute Gasteiger partial charge is 0.273 e. The first-order valence-corrected chi connectivity index (χ1v) is 15.4. The third kappa shape index (κ3) is 8.15. The largest absolute Gasteiger partial charge is 0.495 e. The molecule has 0 aromatic heterocycles. The lowest BCUT2D eigenvalue weighted by Gasteiger charge is -2.32. The van der Waals surface area contributed by atoms with Crippen LogP contribution >= 0.6 is 23.2 Å². The quantitative estimate of drug-likeness (QED) is 0.194. The molecule has 0 aliphatic carbocycles. The van der Waals surface area contributed by atoms with Crippen molar-refractivity contribution in [1.82, 2.24) is 10.2 Å². The molecule has 0 aliphatic rings. The van der Waals surface area contributed by atoms with Crippen LogP contribution in [0.1, 0.15) is 31.4 Å². The highest BCUT2D eigenvalue weighted by Crippen LogP contribution is 2.36. The number of nitro benzene ring substituents is 1. The number of sulfonamides is 1. The Bertz CT molecular complexity index is 1600. The molecule has 0 fully saturated rings. The molecule has 1 N–H and O–H groups in total. The molecule has 230 valence electrons. The standard InChI is InChI=1S/C29H32Cl2N4O7S/c1-5-14-32-29(37)20(3)33(17-21-7-9-22(30)10-8-21)28(36)18-34(26-15-23(31)11-13-27(26)42-4)43(40,41)24-12-6-19(2)25(16-24)35(38)39/h6-13,15-16,20H,5,14,17-18H2,1-4H3,(H,32,37). The van der Waals surface area contributed by atoms with Crippen molar-refractivity contribution < 1.29 is 27.7 Å². The number of methoxy groups -OCH3 is 1. The number of rotatable bonds is 13. The fraction of sp³-hybridized carbons (Fsp3) is 0.310. The van der Waals surface area contributed by atoms with E-state index in [1.807, 2.05) is 6.92 Å². The lowest BCUT2D eigenvalue weighted by atomic mass is 10.1. The van der Waals surface area contributed by atoms with Crippen LogP contribution in [0.15, 0.2) is 65.6 Å². The summed E-state index contributed by atoms with van der Waals surface area (Å²) in [6, 6.07) is 13.4. The number of nitro groups is 1. The molecular weight excluding hydrogens is 619 g/mol. The summed E-state index contributed by atoms with van der Waals surface area (Å²) >= 11 is 12.3. The van der Waals surface area contributed by atoms with Gasteiger partial charge in [0.1, 0.15) is 18.3 Å². The van der Waals surface area contributed by atoms with Gasteiger partial charge in [-0.25, -0.2) is 8.42 Å². The van der Waals surface area contributed by atoms with E-state index in [4.69, 9.17) is 27.9 Å². The van der Waals surface area contributed by atoms with Crippen molar-refractivity contribution in [2.75, 3.05) is 24.5 Å². The average Bonchev–Trinajstić information content (AvgIpc) is 2.97. The van der Waals surface area contributed by atoms with Crippen molar-refractivity contribution in [1.29, 1.82) is 0 Å². The maximum Gasteiger partial charge on any atom is 0.273 e. The molecule has 0 spiro atoms. The fourth-order valence-electron chi connectivity index (χ4n) is 4.21. The van der Waals surface area contributed by atoms with Gasteiger partial charge in [0.25, 0.3) is 15.7 Å². The lowest BCUT2D eigenvalue weighted by molar-refractivity contribution is -0.385. The second-order valence-electron chi connectivity index (χ2n) is 9.65. The Morgan fingerprint density at radius 1 is 1.05 bits per heavy atom. The number of halogens is 2. The summed E-state index contributed by atoms with van der Waals surface area (Å²) in [4.78, 5) is 38.8. The number of benzene rings is 3. The van der Waals surface area contributed by atoms with Crippen LogP contribution in [-0.2, 0) is 26.2 Å². The number of hydrogen-bond acceptors (Lipinski definition) is 7. The minimum atomic E-state index is -4.62. The van der Waals surface area contributed by atoms with Crippen molar-refractivity contribution in [2.45, 2.75) is 44.7 Å². The minimum Gasteiger partial charge on any atom is -0.495 e. The Morgan fingerprint density at radius 2 is 1.70 bits per heavy atom. The van der Waals surface area contributed by atoms with Gasteiger partial charge in [0, 0.05) is 34.8 Å². The Hall–Kier alpha value is -3.87. The van der Waals surface area contributed by atoms with Gasteiger partial charge in [-0.3, -0.25) is 24.0 Å². The van der Waals surface area contributed by atoms with Crippen LogP contribution in [-0.4, -0.2) is 56.3 Å². The van der Waals surface area contributed by atoms with Crippen molar-refractivity contribution >= 4 is 56.4 Å². The molecule has 43 heavy (non-hydrogen) atoms. The van der Waals surface area contributed by atoms with Crippen LogP contribution in [0.2, 0.25) is 10.0 Å². The van der Waals surface area contributed by atoms with E-state index in [2.05, 4.69) is 5.32 Å². The monoisotopic (exact) mass is 650 g/mol. The summed E-state index contributed by atoms with van der Waals surface area (Å²) in [7, 11) is -3.30. The van der Waals surface area contributed by atoms with E-state index < -0.39 is 49.9 Å².